The molecule has 0 bridgehead atoms. The Morgan fingerprint density at radius 3 is 0.625 bits per heavy atom. The molecular weight excluding hydrogens is 361 g/mol. The first kappa shape index (κ1) is 184. The van der Waals surface area contributed by atoms with Crippen LogP contribution in [0.4, 0.5) is 0 Å². The average molecular weight is 365 g/mol. The van der Waals surface area contributed by atoms with Crippen molar-refractivity contribution in [1.82, 2.24) is 0 Å². The van der Waals surface area contributed by atoms with Gasteiger partial charge in [-0.15, -0.1) is 0 Å². The van der Waals surface area contributed by atoms with Gasteiger partial charge >= 0.3 is 0 Å². The molecule has 0 amide bonds. The van der Waals surface area contributed by atoms with Gasteiger partial charge in [0.15, 0.2) is 0 Å². The summed E-state index contributed by atoms with van der Waals surface area (Å²) in [5.74, 6) is 0. The number of halogens is 5. The maximum Gasteiger partial charge on any atom is 0.0319 e. The Hall–Kier alpha value is 0.662. The van der Waals surface area contributed by atoms with Crippen molar-refractivity contribution in [2.45, 2.75) is 0 Å². The number of rotatable bonds is 0. The molecule has 1 N–H and O–H groups in total. The quantitative estimate of drug-likeness (QED) is 0.423. The molecule has 0 rings (SSSR count). The second-order valence-corrected chi connectivity index (χ2v) is 0. The Bertz CT molecular complexity index is 12.4. The zero-order chi connectivity index (χ0) is 2.00. The van der Waals surface area contributed by atoms with Crippen LogP contribution in [0.15, 0.2) is 0 Å². The van der Waals surface area contributed by atoms with Gasteiger partial charge in [-0.05, 0) is 0 Å². The first-order chi connectivity index (χ1) is 1.00. The Kier molecular flexibility index (Phi) is 17900. The second kappa shape index (κ2) is 776. The van der Waals surface area contributed by atoms with Gasteiger partial charge < -0.3 is 28.6 Å². The molecule has 0 aliphatic rings. The van der Waals surface area contributed by atoms with Gasteiger partial charge in [0.1, 0.15) is 0 Å². The maximum absolute atomic E-state index is 7.00. The maximum atomic E-state index is 7.00. The van der Waals surface area contributed by atoms with Gasteiger partial charge in [0.25, 0.3) is 0 Å². The van der Waals surface area contributed by atoms with Crippen LogP contribution in [0.2, 0.25) is 0 Å². The van der Waals surface area contributed by atoms with Crippen LogP contribution >= 0.6 is 0 Å². The van der Waals surface area contributed by atoms with Gasteiger partial charge in [0, 0.05) is 38.2 Å². The first-order valence-electron chi connectivity index (χ1n) is 0.447. The zero-order valence-corrected chi connectivity index (χ0v) is 8.00. The molecule has 0 aromatic rings. The van der Waals surface area contributed by atoms with Crippen molar-refractivity contribution in [3.05, 3.63) is 0 Å². The summed E-state index contributed by atoms with van der Waals surface area (Å²) in [6.07, 6.45) is 0. The Balaban J connectivity index is -0.000000000333. The first-order valence-corrected chi connectivity index (χ1v) is 0.447. The molecule has 0 atom stereocenters. The molecule has 0 radical (unpaired) electrons. The summed E-state index contributed by atoms with van der Waals surface area (Å²) >= 11 is 0. The molecule has 7 heteroatoms. The molecule has 0 aromatic carbocycles. The van der Waals surface area contributed by atoms with Crippen molar-refractivity contribution in [1.29, 1.82) is 0 Å². The number of hydrogen-bond acceptors (Lipinski definition) is 1. The summed E-state index contributed by atoms with van der Waals surface area (Å²) in [5.41, 5.74) is 0. The third kappa shape index (κ3) is 487. The largest absolute Gasteiger partial charge is 1.00 e. The number of aliphatic hydroxyl groups is 1. The van der Waals surface area contributed by atoms with Crippen LogP contribution in [-0.4, -0.2) is 12.2 Å². The summed E-state index contributed by atoms with van der Waals surface area (Å²) in [6.45, 7) is 0. The fraction of sp³-hybridized carbons (Fsp3) is 1.00. The van der Waals surface area contributed by atoms with Gasteiger partial charge in [-0.1, -0.05) is 0 Å². The minimum Gasteiger partial charge on any atom is -1.00 e. The van der Waals surface area contributed by atoms with Crippen molar-refractivity contribution in [3.8, 4) is 0 Å². The second-order valence-electron chi connectivity index (χ2n) is 0. The van der Waals surface area contributed by atoms with E-state index in [1.165, 1.54) is 0 Å². The van der Waals surface area contributed by atoms with E-state index in [1.807, 2.05) is 0 Å². The van der Waals surface area contributed by atoms with Gasteiger partial charge in [0.05, 0.1) is 0 Å². The average Bonchev–Trinajstić information content (AvgIpc) is 1.00. The predicted molar refractivity (Wildman–Crippen MR) is 8.14 cm³/mol. The molecule has 0 fully saturated rings. The molecule has 0 saturated heterocycles. The van der Waals surface area contributed by atoms with E-state index in [9.17, 15) is 0 Å². The molecular formula is CH4F5OU-5. The van der Waals surface area contributed by atoms with E-state index in [2.05, 4.69) is 0 Å². The van der Waals surface area contributed by atoms with Crippen molar-refractivity contribution in [3.63, 3.8) is 0 Å². The van der Waals surface area contributed by atoms with Crippen LogP contribution in [0.5, 0.6) is 0 Å². The third-order valence-electron chi connectivity index (χ3n) is 0. The van der Waals surface area contributed by atoms with E-state index in [-0.39, 0.29) is 54.6 Å². The normalized spacial score (nSPS) is 0.750. The predicted octanol–water partition coefficient (Wildman–Crippen LogP) is -15.4. The standard InChI is InChI=1S/CH4O.5FH.U/c1-2;;;;;;/h2H,1H3;5*1H;/p-5. The van der Waals surface area contributed by atoms with Crippen LogP contribution in [0, 0.1) is 31.1 Å². The van der Waals surface area contributed by atoms with Gasteiger partial charge in [0.2, 0.25) is 0 Å². The Morgan fingerprint density at radius 2 is 0.625 bits per heavy atom. The van der Waals surface area contributed by atoms with Crippen LogP contribution < -0.4 is 23.5 Å². The smallest absolute Gasteiger partial charge is 0.0319 e. The summed E-state index contributed by atoms with van der Waals surface area (Å²) in [6, 6.07) is 0. The Labute approximate surface area is 67.1 Å². The van der Waals surface area contributed by atoms with E-state index in [0.29, 0.717) is 0 Å². The SMILES string of the molecule is CO.[F-].[F-].[F-].[F-].[F-].[U]. The van der Waals surface area contributed by atoms with Crippen molar-refractivity contribution >= 4 is 0 Å². The van der Waals surface area contributed by atoms with Crippen LogP contribution in [-0.2, 0) is 0 Å². The van der Waals surface area contributed by atoms with Crippen LogP contribution in [0.1, 0.15) is 0 Å². The topological polar surface area (TPSA) is 20.2 Å². The summed E-state index contributed by atoms with van der Waals surface area (Å²) in [7, 11) is 1.00. The number of aliphatic hydroxyl groups excluding tert-OH is 1. The van der Waals surface area contributed by atoms with Crippen molar-refractivity contribution < 1.29 is 59.7 Å². The van der Waals surface area contributed by atoms with E-state index < -0.39 is 0 Å². The number of hydrogen-bond donors (Lipinski definition) is 1. The summed E-state index contributed by atoms with van der Waals surface area (Å²) in [4.78, 5) is 0. The van der Waals surface area contributed by atoms with Crippen LogP contribution in [0.25, 0.3) is 0 Å². The van der Waals surface area contributed by atoms with E-state index in [4.69, 9.17) is 5.11 Å². The molecule has 0 saturated carbocycles. The minimum atomic E-state index is 0. The van der Waals surface area contributed by atoms with E-state index >= 15 is 0 Å². The van der Waals surface area contributed by atoms with Crippen molar-refractivity contribution in [2.24, 2.45) is 0 Å². The molecule has 0 unspecified atom stereocenters. The zero-order valence-electron chi connectivity index (χ0n) is 3.84. The van der Waals surface area contributed by atoms with E-state index in [1.54, 1.807) is 0 Å². The Morgan fingerprint density at radius 1 is 0.625 bits per heavy atom. The molecule has 0 aliphatic carbocycles. The monoisotopic (exact) mass is 365 g/mol. The minimum absolute atomic E-state index is 0. The van der Waals surface area contributed by atoms with Crippen LogP contribution in [0.3, 0.4) is 0 Å². The molecule has 8 heavy (non-hydrogen) atoms. The molecule has 0 aromatic heterocycles. The molecule has 1 nitrogen and oxygen atoms in total. The van der Waals surface area contributed by atoms with Gasteiger partial charge in [-0.25, -0.2) is 0 Å². The third-order valence-corrected chi connectivity index (χ3v) is 0. The molecule has 58 valence electrons. The van der Waals surface area contributed by atoms with E-state index in [0.717, 1.165) is 7.11 Å². The molecule has 0 heterocycles. The fourth-order valence-electron chi connectivity index (χ4n) is 0. The fourth-order valence-corrected chi connectivity index (χ4v) is 0. The summed E-state index contributed by atoms with van der Waals surface area (Å²) < 4.78 is 0. The van der Waals surface area contributed by atoms with Gasteiger partial charge in [-0.2, -0.15) is 0 Å². The van der Waals surface area contributed by atoms with Gasteiger partial charge in [-0.3, -0.25) is 0 Å². The summed E-state index contributed by atoms with van der Waals surface area (Å²) in [5, 5.41) is 7.00. The van der Waals surface area contributed by atoms with Crippen molar-refractivity contribution in [2.75, 3.05) is 7.11 Å². The molecule has 0 spiro atoms. The molecule has 0 aliphatic heterocycles.